The van der Waals surface area contributed by atoms with Crippen LogP contribution in [0.4, 0.5) is 11.4 Å². The number of carbonyl (C=O) groups is 2. The Morgan fingerprint density at radius 1 is 1.04 bits per heavy atom. The van der Waals surface area contributed by atoms with Gasteiger partial charge in [0.25, 0.3) is 5.91 Å². The van der Waals surface area contributed by atoms with Gasteiger partial charge in [0.15, 0.2) is 6.61 Å². The van der Waals surface area contributed by atoms with E-state index in [-0.39, 0.29) is 24.3 Å². The van der Waals surface area contributed by atoms with Gasteiger partial charge < -0.3 is 15.4 Å². The van der Waals surface area contributed by atoms with Crippen molar-refractivity contribution in [2.24, 2.45) is 5.92 Å². The number of nitriles is 1. The second kappa shape index (κ2) is 8.50. The van der Waals surface area contributed by atoms with Crippen LogP contribution in [0.3, 0.4) is 0 Å². The van der Waals surface area contributed by atoms with Gasteiger partial charge in [-0.2, -0.15) is 5.26 Å². The highest BCUT2D eigenvalue weighted by atomic mass is 16.5. The first kappa shape index (κ1) is 18.0. The molecule has 0 saturated carbocycles. The molecule has 0 aliphatic heterocycles. The van der Waals surface area contributed by atoms with Gasteiger partial charge in [-0.15, -0.1) is 0 Å². The normalized spacial score (nSPS) is 10.0. The van der Waals surface area contributed by atoms with Crippen molar-refractivity contribution >= 4 is 23.2 Å². The Morgan fingerprint density at radius 2 is 1.64 bits per heavy atom. The largest absolute Gasteiger partial charge is 0.482 e. The highest BCUT2D eigenvalue weighted by Gasteiger charge is 2.08. The van der Waals surface area contributed by atoms with E-state index in [1.807, 2.05) is 19.9 Å². The van der Waals surface area contributed by atoms with Crippen LogP contribution in [0.5, 0.6) is 5.75 Å². The SMILES string of the molecule is CC(C)C(=O)Nc1ccc(NC(=O)COc2ccccc2C#N)cc1. The molecule has 0 atom stereocenters. The average Bonchev–Trinajstić information content (AvgIpc) is 2.61. The van der Waals surface area contributed by atoms with Gasteiger partial charge >= 0.3 is 0 Å². The number of nitrogens with zero attached hydrogens (tertiary/aromatic N) is 1. The Morgan fingerprint density at radius 3 is 2.24 bits per heavy atom. The van der Waals surface area contributed by atoms with Crippen LogP contribution in [0, 0.1) is 17.2 Å². The van der Waals surface area contributed by atoms with Gasteiger partial charge in [-0.1, -0.05) is 26.0 Å². The van der Waals surface area contributed by atoms with Crippen LogP contribution in [-0.2, 0) is 9.59 Å². The van der Waals surface area contributed by atoms with Gasteiger partial charge in [-0.25, -0.2) is 0 Å². The molecular weight excluding hydrogens is 318 g/mol. The van der Waals surface area contributed by atoms with E-state index in [2.05, 4.69) is 10.6 Å². The highest BCUT2D eigenvalue weighted by molar-refractivity contribution is 5.94. The second-order valence-corrected chi connectivity index (χ2v) is 5.67. The first-order valence-corrected chi connectivity index (χ1v) is 7.82. The van der Waals surface area contributed by atoms with Crippen molar-refractivity contribution < 1.29 is 14.3 Å². The maximum atomic E-state index is 11.9. The molecule has 0 heterocycles. The Balaban J connectivity index is 1.88. The molecule has 2 N–H and O–H groups in total. The summed E-state index contributed by atoms with van der Waals surface area (Å²) in [6.07, 6.45) is 0. The lowest BCUT2D eigenvalue weighted by Crippen LogP contribution is -2.20. The van der Waals surface area contributed by atoms with Gasteiger partial charge in [-0.3, -0.25) is 9.59 Å². The molecule has 128 valence electrons. The quantitative estimate of drug-likeness (QED) is 0.847. The number of nitrogens with one attached hydrogen (secondary N) is 2. The Hall–Kier alpha value is -3.33. The standard InChI is InChI=1S/C19H19N3O3/c1-13(2)19(24)22-16-9-7-15(8-10-16)21-18(23)12-25-17-6-4-3-5-14(17)11-20/h3-10,13H,12H2,1-2H3,(H,21,23)(H,22,24). The van der Waals surface area contributed by atoms with Crippen LogP contribution in [0.2, 0.25) is 0 Å². The molecule has 6 nitrogen and oxygen atoms in total. The molecule has 2 aromatic rings. The zero-order valence-electron chi connectivity index (χ0n) is 14.1. The number of hydrogen-bond donors (Lipinski definition) is 2. The fourth-order valence-corrected chi connectivity index (χ4v) is 1.95. The van der Waals surface area contributed by atoms with Crippen molar-refractivity contribution in [2.45, 2.75) is 13.8 Å². The van der Waals surface area contributed by atoms with E-state index in [1.165, 1.54) is 0 Å². The van der Waals surface area contributed by atoms with E-state index in [0.717, 1.165) is 0 Å². The molecule has 0 unspecified atom stereocenters. The lowest BCUT2D eigenvalue weighted by atomic mass is 10.2. The number of carbonyl (C=O) groups excluding carboxylic acids is 2. The summed E-state index contributed by atoms with van der Waals surface area (Å²) in [6.45, 7) is 3.42. The summed E-state index contributed by atoms with van der Waals surface area (Å²) in [4.78, 5) is 23.6. The molecule has 2 rings (SSSR count). The van der Waals surface area contributed by atoms with E-state index in [4.69, 9.17) is 10.00 Å². The molecule has 2 amide bonds. The molecule has 0 aliphatic carbocycles. The van der Waals surface area contributed by atoms with Gasteiger partial charge in [-0.05, 0) is 36.4 Å². The minimum atomic E-state index is -0.341. The van der Waals surface area contributed by atoms with Crippen LogP contribution < -0.4 is 15.4 Å². The van der Waals surface area contributed by atoms with Crippen LogP contribution >= 0.6 is 0 Å². The van der Waals surface area contributed by atoms with E-state index in [0.29, 0.717) is 22.7 Å². The molecule has 0 aromatic heterocycles. The molecule has 0 fully saturated rings. The average molecular weight is 337 g/mol. The summed E-state index contributed by atoms with van der Waals surface area (Å²) >= 11 is 0. The Bertz CT molecular complexity index is 792. The molecule has 6 heteroatoms. The molecule has 0 aliphatic rings. The van der Waals surface area contributed by atoms with Gasteiger partial charge in [0.2, 0.25) is 5.91 Å². The fourth-order valence-electron chi connectivity index (χ4n) is 1.95. The maximum absolute atomic E-state index is 11.9. The second-order valence-electron chi connectivity index (χ2n) is 5.67. The highest BCUT2D eigenvalue weighted by Crippen LogP contribution is 2.17. The number of ether oxygens (including phenoxy) is 1. The zero-order chi connectivity index (χ0) is 18.2. The summed E-state index contributed by atoms with van der Waals surface area (Å²) in [5.41, 5.74) is 1.63. The van der Waals surface area contributed by atoms with Crippen molar-refractivity contribution in [3.8, 4) is 11.8 Å². The van der Waals surface area contributed by atoms with Crippen LogP contribution in [0.1, 0.15) is 19.4 Å². The zero-order valence-corrected chi connectivity index (χ0v) is 14.1. The number of rotatable bonds is 6. The van der Waals surface area contributed by atoms with E-state index in [9.17, 15) is 9.59 Å². The number of hydrogen-bond acceptors (Lipinski definition) is 4. The lowest BCUT2D eigenvalue weighted by Gasteiger charge is -2.10. The molecular formula is C19H19N3O3. The minimum Gasteiger partial charge on any atom is -0.482 e. The summed E-state index contributed by atoms with van der Waals surface area (Å²) in [6, 6.07) is 15.5. The van der Waals surface area contributed by atoms with E-state index in [1.54, 1.807) is 48.5 Å². The maximum Gasteiger partial charge on any atom is 0.262 e. The molecule has 25 heavy (non-hydrogen) atoms. The fraction of sp³-hybridized carbons (Fsp3) is 0.211. The first-order valence-electron chi connectivity index (χ1n) is 7.82. The molecule has 0 spiro atoms. The van der Waals surface area contributed by atoms with Crippen molar-refractivity contribution in [2.75, 3.05) is 17.2 Å². The van der Waals surface area contributed by atoms with E-state index >= 15 is 0 Å². The Labute approximate surface area is 146 Å². The van der Waals surface area contributed by atoms with Crippen molar-refractivity contribution in [3.63, 3.8) is 0 Å². The number of amides is 2. The molecule has 0 saturated heterocycles. The number of anilines is 2. The van der Waals surface area contributed by atoms with Crippen LogP contribution in [-0.4, -0.2) is 18.4 Å². The molecule has 0 bridgehead atoms. The monoisotopic (exact) mass is 337 g/mol. The third-order valence-electron chi connectivity index (χ3n) is 3.33. The molecule has 2 aromatic carbocycles. The third-order valence-corrected chi connectivity index (χ3v) is 3.33. The van der Waals surface area contributed by atoms with Crippen LogP contribution in [0.15, 0.2) is 48.5 Å². The van der Waals surface area contributed by atoms with Crippen molar-refractivity contribution in [1.29, 1.82) is 5.26 Å². The smallest absolute Gasteiger partial charge is 0.262 e. The summed E-state index contributed by atoms with van der Waals surface area (Å²) in [5, 5.41) is 14.4. The van der Waals surface area contributed by atoms with Crippen molar-refractivity contribution in [3.05, 3.63) is 54.1 Å². The number of benzene rings is 2. The predicted octanol–water partition coefficient (Wildman–Crippen LogP) is 3.17. The summed E-state index contributed by atoms with van der Waals surface area (Å²) in [5.74, 6) is -0.146. The predicted molar refractivity (Wildman–Crippen MR) is 95.2 cm³/mol. The van der Waals surface area contributed by atoms with Gasteiger partial charge in [0.05, 0.1) is 5.56 Å². The van der Waals surface area contributed by atoms with Crippen molar-refractivity contribution in [1.82, 2.24) is 0 Å². The topological polar surface area (TPSA) is 91.2 Å². The van der Waals surface area contributed by atoms with Gasteiger partial charge in [0.1, 0.15) is 11.8 Å². The number of para-hydroxylation sites is 1. The summed E-state index contributed by atoms with van der Waals surface area (Å²) in [7, 11) is 0. The minimum absolute atomic E-state index is 0.0682. The third kappa shape index (κ3) is 5.36. The van der Waals surface area contributed by atoms with Gasteiger partial charge in [0, 0.05) is 17.3 Å². The first-order chi connectivity index (χ1) is 12.0. The lowest BCUT2D eigenvalue weighted by molar-refractivity contribution is -0.119. The Kier molecular flexibility index (Phi) is 6.13. The summed E-state index contributed by atoms with van der Waals surface area (Å²) < 4.78 is 5.37. The van der Waals surface area contributed by atoms with Crippen LogP contribution in [0.25, 0.3) is 0 Å². The van der Waals surface area contributed by atoms with E-state index < -0.39 is 0 Å². The molecule has 0 radical (unpaired) electrons.